The maximum Gasteiger partial charge on any atom is 0.331 e. The van der Waals surface area contributed by atoms with Crippen LogP contribution in [0.25, 0.3) is 0 Å². The lowest BCUT2D eigenvalue weighted by Crippen LogP contribution is -2.52. The van der Waals surface area contributed by atoms with Crippen molar-refractivity contribution in [2.45, 2.75) is 51.0 Å². The molecule has 0 aliphatic heterocycles. The van der Waals surface area contributed by atoms with Crippen LogP contribution in [0, 0.1) is 0 Å². The van der Waals surface area contributed by atoms with Crippen LogP contribution in [0.3, 0.4) is 0 Å². The molecule has 1 amide bonds. The van der Waals surface area contributed by atoms with Crippen molar-refractivity contribution in [2.24, 2.45) is 0 Å². The molecule has 1 atom stereocenters. The molecule has 27 heavy (non-hydrogen) atoms. The van der Waals surface area contributed by atoms with Crippen molar-refractivity contribution in [3.05, 3.63) is 28.8 Å². The SMILES string of the molecule is CCCC(C)(NC(=O)c1ccc(Cl)c(S(=O)(=O)N(CC)CC)c1)C(=O)OC. The van der Waals surface area contributed by atoms with Gasteiger partial charge in [-0.25, -0.2) is 13.2 Å². The van der Waals surface area contributed by atoms with Gasteiger partial charge in [0.05, 0.1) is 12.1 Å². The second-order valence-electron chi connectivity index (χ2n) is 6.26. The number of benzene rings is 1. The zero-order chi connectivity index (χ0) is 20.8. The van der Waals surface area contributed by atoms with Gasteiger partial charge in [0.25, 0.3) is 5.91 Å². The van der Waals surface area contributed by atoms with Crippen LogP contribution in [-0.4, -0.2) is 50.3 Å². The summed E-state index contributed by atoms with van der Waals surface area (Å²) in [5.74, 6) is -1.15. The summed E-state index contributed by atoms with van der Waals surface area (Å²) in [6.07, 6.45) is 1.03. The van der Waals surface area contributed by atoms with Gasteiger partial charge in [-0.15, -0.1) is 0 Å². The molecule has 1 unspecified atom stereocenters. The molecule has 0 spiro atoms. The summed E-state index contributed by atoms with van der Waals surface area (Å²) >= 11 is 6.09. The Balaban J connectivity index is 3.29. The van der Waals surface area contributed by atoms with Gasteiger partial charge in [0.1, 0.15) is 10.4 Å². The van der Waals surface area contributed by atoms with Crippen LogP contribution in [0.4, 0.5) is 0 Å². The predicted octanol–water partition coefficient (Wildman–Crippen LogP) is 2.83. The van der Waals surface area contributed by atoms with E-state index in [1.807, 2.05) is 6.92 Å². The highest BCUT2D eigenvalue weighted by molar-refractivity contribution is 7.89. The number of esters is 1. The lowest BCUT2D eigenvalue weighted by Gasteiger charge is -2.27. The molecule has 0 radical (unpaired) electrons. The number of hydrogen-bond donors (Lipinski definition) is 1. The maximum atomic E-state index is 12.8. The number of halogens is 1. The summed E-state index contributed by atoms with van der Waals surface area (Å²) in [5.41, 5.74) is -1.12. The number of amides is 1. The molecule has 0 saturated heterocycles. The Labute approximate surface area is 166 Å². The Morgan fingerprint density at radius 3 is 2.30 bits per heavy atom. The van der Waals surface area contributed by atoms with E-state index in [-0.39, 0.29) is 28.6 Å². The first-order valence-electron chi connectivity index (χ1n) is 8.77. The Bertz CT molecular complexity index is 793. The number of carbonyl (C=O) groups excluding carboxylic acids is 2. The second-order valence-corrected chi connectivity index (χ2v) is 8.58. The van der Waals surface area contributed by atoms with Crippen molar-refractivity contribution in [3.63, 3.8) is 0 Å². The third-order valence-electron chi connectivity index (χ3n) is 4.29. The van der Waals surface area contributed by atoms with Crippen molar-refractivity contribution < 1.29 is 22.7 Å². The third kappa shape index (κ3) is 5.21. The highest BCUT2D eigenvalue weighted by atomic mass is 35.5. The van der Waals surface area contributed by atoms with E-state index in [1.54, 1.807) is 20.8 Å². The molecule has 9 heteroatoms. The van der Waals surface area contributed by atoms with Gasteiger partial charge in [0.2, 0.25) is 10.0 Å². The standard InChI is InChI=1S/C18H27ClN2O5S/c1-6-11-18(4,17(23)26-5)20-16(22)13-9-10-14(19)15(12-13)27(24,25)21(7-2)8-3/h9-10,12H,6-8,11H2,1-5H3,(H,20,22). The van der Waals surface area contributed by atoms with Crippen molar-refractivity contribution >= 4 is 33.5 Å². The molecule has 1 aromatic rings. The number of ether oxygens (including phenoxy) is 1. The van der Waals surface area contributed by atoms with Crippen LogP contribution in [0.5, 0.6) is 0 Å². The summed E-state index contributed by atoms with van der Waals surface area (Å²) < 4.78 is 31.6. The number of hydrogen-bond acceptors (Lipinski definition) is 5. The number of carbonyl (C=O) groups is 2. The van der Waals surface area contributed by atoms with E-state index in [1.165, 1.54) is 29.6 Å². The molecule has 0 bridgehead atoms. The first-order chi connectivity index (χ1) is 12.6. The molecule has 0 aliphatic rings. The van der Waals surface area contributed by atoms with E-state index < -0.39 is 27.4 Å². The molecular weight excluding hydrogens is 392 g/mol. The number of nitrogens with one attached hydrogen (secondary N) is 1. The van der Waals surface area contributed by atoms with E-state index in [9.17, 15) is 18.0 Å². The van der Waals surface area contributed by atoms with E-state index in [0.29, 0.717) is 12.8 Å². The molecule has 152 valence electrons. The zero-order valence-electron chi connectivity index (χ0n) is 16.3. The largest absolute Gasteiger partial charge is 0.467 e. The summed E-state index contributed by atoms with van der Waals surface area (Å²) in [4.78, 5) is 24.6. The Morgan fingerprint density at radius 2 is 1.81 bits per heavy atom. The van der Waals surface area contributed by atoms with Crippen molar-refractivity contribution in [3.8, 4) is 0 Å². The fraction of sp³-hybridized carbons (Fsp3) is 0.556. The summed E-state index contributed by atoms with van der Waals surface area (Å²) in [5, 5.41) is 2.68. The molecule has 1 rings (SSSR count). The topological polar surface area (TPSA) is 92.8 Å². The lowest BCUT2D eigenvalue weighted by molar-refractivity contribution is -0.147. The predicted molar refractivity (Wildman–Crippen MR) is 104 cm³/mol. The number of methoxy groups -OCH3 is 1. The molecule has 0 heterocycles. The van der Waals surface area contributed by atoms with Crippen LogP contribution >= 0.6 is 11.6 Å². The highest BCUT2D eigenvalue weighted by Crippen LogP contribution is 2.26. The Hall–Kier alpha value is -1.64. The van der Waals surface area contributed by atoms with Crippen LogP contribution in [0.15, 0.2) is 23.1 Å². The minimum Gasteiger partial charge on any atom is -0.467 e. The van der Waals surface area contributed by atoms with Crippen LogP contribution in [0.2, 0.25) is 5.02 Å². The summed E-state index contributed by atoms with van der Waals surface area (Å²) in [6.45, 7) is 7.45. The van der Waals surface area contributed by atoms with Gasteiger partial charge in [-0.2, -0.15) is 4.31 Å². The van der Waals surface area contributed by atoms with Crippen molar-refractivity contribution in [1.82, 2.24) is 9.62 Å². The molecule has 0 aromatic heterocycles. The number of rotatable bonds is 9. The zero-order valence-corrected chi connectivity index (χ0v) is 17.9. The average Bonchev–Trinajstić information content (AvgIpc) is 2.61. The van der Waals surface area contributed by atoms with E-state index in [0.717, 1.165) is 0 Å². The van der Waals surface area contributed by atoms with Gasteiger partial charge in [0.15, 0.2) is 0 Å². The van der Waals surface area contributed by atoms with Gasteiger partial charge in [-0.05, 0) is 31.5 Å². The molecular formula is C18H27ClN2O5S. The van der Waals surface area contributed by atoms with Crippen LogP contribution in [-0.2, 0) is 19.6 Å². The molecule has 1 aromatic carbocycles. The first kappa shape index (κ1) is 23.4. The third-order valence-corrected chi connectivity index (χ3v) is 6.82. The maximum absolute atomic E-state index is 12.8. The minimum absolute atomic E-state index is 0.0303. The smallest absolute Gasteiger partial charge is 0.331 e. The molecule has 0 saturated carbocycles. The fourth-order valence-corrected chi connectivity index (χ4v) is 4.77. The monoisotopic (exact) mass is 418 g/mol. The molecule has 0 fully saturated rings. The minimum atomic E-state index is -3.83. The van der Waals surface area contributed by atoms with Gasteiger partial charge in [-0.1, -0.05) is 38.8 Å². The Morgan fingerprint density at radius 1 is 1.22 bits per heavy atom. The molecule has 1 N–H and O–H groups in total. The summed E-state index contributed by atoms with van der Waals surface area (Å²) in [6, 6.07) is 4.01. The molecule has 0 aliphatic carbocycles. The van der Waals surface area contributed by atoms with Gasteiger partial charge in [0, 0.05) is 18.7 Å². The highest BCUT2D eigenvalue weighted by Gasteiger charge is 2.35. The Kier molecular flexibility index (Phi) is 8.25. The van der Waals surface area contributed by atoms with Crippen molar-refractivity contribution in [2.75, 3.05) is 20.2 Å². The van der Waals surface area contributed by atoms with Gasteiger partial charge >= 0.3 is 5.97 Å². The fourth-order valence-electron chi connectivity index (χ4n) is 2.81. The first-order valence-corrected chi connectivity index (χ1v) is 10.6. The lowest BCUT2D eigenvalue weighted by atomic mass is 9.95. The van der Waals surface area contributed by atoms with E-state index in [2.05, 4.69) is 5.32 Å². The van der Waals surface area contributed by atoms with E-state index >= 15 is 0 Å². The van der Waals surface area contributed by atoms with Crippen molar-refractivity contribution in [1.29, 1.82) is 0 Å². The van der Waals surface area contributed by atoms with Gasteiger partial charge in [-0.3, -0.25) is 4.79 Å². The van der Waals surface area contributed by atoms with Crippen LogP contribution < -0.4 is 5.32 Å². The average molecular weight is 419 g/mol. The quantitative estimate of drug-likeness (QED) is 0.622. The van der Waals surface area contributed by atoms with Gasteiger partial charge < -0.3 is 10.1 Å². The number of sulfonamides is 1. The van der Waals surface area contributed by atoms with Crippen LogP contribution in [0.1, 0.15) is 50.9 Å². The normalized spacial score (nSPS) is 13.9. The second kappa shape index (κ2) is 9.52. The number of nitrogens with zero attached hydrogens (tertiary/aromatic N) is 1. The van der Waals surface area contributed by atoms with E-state index in [4.69, 9.17) is 16.3 Å². The summed E-state index contributed by atoms with van der Waals surface area (Å²) in [7, 11) is -2.58. The molecule has 7 nitrogen and oxygen atoms in total.